The molecule has 0 spiro atoms. The van der Waals surface area contributed by atoms with Crippen LogP contribution in [-0.2, 0) is 30.1 Å². The van der Waals surface area contributed by atoms with E-state index in [4.69, 9.17) is 0 Å². The Labute approximate surface area is 168 Å². The predicted octanol–water partition coefficient (Wildman–Crippen LogP) is 5.05. The van der Waals surface area contributed by atoms with Crippen molar-refractivity contribution in [3.8, 4) is 0 Å². The minimum atomic E-state index is -4.97. The van der Waals surface area contributed by atoms with Gasteiger partial charge in [0, 0.05) is 25.2 Å². The molecule has 0 unspecified atom stereocenters. The summed E-state index contributed by atoms with van der Waals surface area (Å²) in [5.41, 5.74) is -3.67. The number of rotatable bonds is 7. The van der Waals surface area contributed by atoms with Gasteiger partial charge in [0.05, 0.1) is 12.7 Å². The number of nitrogens with zero attached hydrogens (tertiary/aromatic N) is 3. The van der Waals surface area contributed by atoms with Crippen molar-refractivity contribution >= 4 is 17.7 Å². The molecule has 0 aliphatic carbocycles. The molecular formula is C18H20F5N3O2S. The van der Waals surface area contributed by atoms with Crippen molar-refractivity contribution in [1.82, 2.24) is 14.5 Å². The molecule has 0 fully saturated rings. The minimum absolute atomic E-state index is 0.0216. The molecule has 0 aromatic carbocycles. The minimum Gasteiger partial charge on any atom is -0.465 e. The fourth-order valence-corrected chi connectivity index (χ4v) is 3.82. The van der Waals surface area contributed by atoms with E-state index in [1.54, 1.807) is 31.7 Å². The molecule has 5 nitrogen and oxygen atoms in total. The predicted molar refractivity (Wildman–Crippen MR) is 96.8 cm³/mol. The van der Waals surface area contributed by atoms with Gasteiger partial charge in [0.15, 0.2) is 5.16 Å². The van der Waals surface area contributed by atoms with Crippen LogP contribution < -0.4 is 0 Å². The van der Waals surface area contributed by atoms with Gasteiger partial charge >= 0.3 is 12.1 Å². The third kappa shape index (κ3) is 5.26. The number of pyridine rings is 1. The Hall–Kier alpha value is -2.17. The monoisotopic (exact) mass is 437 g/mol. The number of carbonyl (C=O) groups excluding carboxylic acids is 1. The molecule has 2 rings (SSSR count). The maximum Gasteiger partial charge on any atom is 0.433 e. The van der Waals surface area contributed by atoms with E-state index in [1.807, 2.05) is 0 Å². The van der Waals surface area contributed by atoms with Crippen molar-refractivity contribution < 1.29 is 31.5 Å². The Kier molecular flexibility index (Phi) is 7.25. The first-order valence-electron chi connectivity index (χ1n) is 8.56. The van der Waals surface area contributed by atoms with Crippen LogP contribution >= 0.6 is 11.8 Å². The molecule has 0 N–H and O–H groups in total. The zero-order valence-electron chi connectivity index (χ0n) is 16.2. The fourth-order valence-electron chi connectivity index (χ4n) is 2.83. The summed E-state index contributed by atoms with van der Waals surface area (Å²) in [5.74, 6) is -1.59. The molecule has 0 saturated heterocycles. The van der Waals surface area contributed by atoms with E-state index >= 15 is 0 Å². The van der Waals surface area contributed by atoms with E-state index in [1.165, 1.54) is 6.20 Å². The number of thioether (sulfide) groups is 1. The lowest BCUT2D eigenvalue weighted by molar-refractivity contribution is -0.142. The van der Waals surface area contributed by atoms with Gasteiger partial charge in [0.25, 0.3) is 6.43 Å². The summed E-state index contributed by atoms with van der Waals surface area (Å²) in [6.45, 7) is 3.43. The van der Waals surface area contributed by atoms with E-state index in [0.717, 1.165) is 18.9 Å². The number of alkyl halides is 5. The summed E-state index contributed by atoms with van der Waals surface area (Å²) >= 11 is 0.993. The average molecular weight is 437 g/mol. The molecule has 0 radical (unpaired) electrons. The van der Waals surface area contributed by atoms with E-state index < -0.39 is 35.5 Å². The first kappa shape index (κ1) is 23.1. The van der Waals surface area contributed by atoms with Crippen LogP contribution in [0.2, 0.25) is 0 Å². The van der Waals surface area contributed by atoms with Gasteiger partial charge in [-0.1, -0.05) is 25.6 Å². The zero-order chi connectivity index (χ0) is 21.9. The van der Waals surface area contributed by atoms with Crippen LogP contribution in [-0.4, -0.2) is 27.6 Å². The lowest BCUT2D eigenvalue weighted by Crippen LogP contribution is -2.22. The van der Waals surface area contributed by atoms with Crippen molar-refractivity contribution in [3.05, 3.63) is 40.5 Å². The molecule has 0 bridgehead atoms. The Bertz CT molecular complexity index is 881. The third-order valence-corrected chi connectivity index (χ3v) is 5.12. The average Bonchev–Trinajstić information content (AvgIpc) is 3.02. The molecular weight excluding hydrogens is 417 g/mol. The number of methoxy groups -OCH3 is 1. The van der Waals surface area contributed by atoms with Crippen LogP contribution in [0.3, 0.4) is 0 Å². The number of halogens is 5. The Morgan fingerprint density at radius 3 is 2.38 bits per heavy atom. The van der Waals surface area contributed by atoms with E-state index in [9.17, 15) is 26.7 Å². The molecule has 2 aromatic rings. The van der Waals surface area contributed by atoms with Gasteiger partial charge < -0.3 is 9.30 Å². The number of esters is 1. The van der Waals surface area contributed by atoms with Gasteiger partial charge in [-0.05, 0) is 23.5 Å². The summed E-state index contributed by atoms with van der Waals surface area (Å²) in [5, 5.41) is 0.436. The number of carbonyl (C=O) groups is 1. The maximum atomic E-state index is 13.7. The normalized spacial score (nSPS) is 12.1. The van der Waals surface area contributed by atoms with Crippen molar-refractivity contribution in [2.45, 2.75) is 43.8 Å². The second-order valence-electron chi connectivity index (χ2n) is 6.68. The number of ether oxygens (including phenoxy) is 1. The summed E-state index contributed by atoms with van der Waals surface area (Å²) < 4.78 is 74.4. The summed E-state index contributed by atoms with van der Waals surface area (Å²) in [4.78, 5) is 19.5. The zero-order valence-corrected chi connectivity index (χ0v) is 17.0. The molecule has 2 aromatic heterocycles. The smallest absolute Gasteiger partial charge is 0.433 e. The molecule has 0 atom stereocenters. The van der Waals surface area contributed by atoms with Gasteiger partial charge in [-0.3, -0.25) is 0 Å². The van der Waals surface area contributed by atoms with E-state index in [-0.39, 0.29) is 29.2 Å². The number of aromatic nitrogens is 3. The van der Waals surface area contributed by atoms with Crippen LogP contribution in [0.1, 0.15) is 53.1 Å². The van der Waals surface area contributed by atoms with Crippen LogP contribution in [0, 0.1) is 5.92 Å². The van der Waals surface area contributed by atoms with Crippen LogP contribution in [0.5, 0.6) is 0 Å². The number of imidazole rings is 1. The Morgan fingerprint density at radius 2 is 1.93 bits per heavy atom. The highest BCUT2D eigenvalue weighted by molar-refractivity contribution is 7.98. The van der Waals surface area contributed by atoms with Crippen molar-refractivity contribution in [2.75, 3.05) is 7.11 Å². The summed E-state index contributed by atoms with van der Waals surface area (Å²) in [6.07, 6.45) is -5.25. The maximum absolute atomic E-state index is 13.7. The van der Waals surface area contributed by atoms with Crippen LogP contribution in [0.25, 0.3) is 0 Å². The van der Waals surface area contributed by atoms with Gasteiger partial charge in [-0.15, -0.1) is 0 Å². The van der Waals surface area contributed by atoms with Gasteiger partial charge in [-0.2, -0.15) is 13.2 Å². The standard InChI is InChI=1S/C18H20F5N3O2S/c1-9(2)7-10-11(8-29-17-24-5-6-26(17)3)14(18(21,22)23)25-13(15(19)20)12(10)16(27)28-4/h5-6,9,15H,7-8H2,1-4H3. The quantitative estimate of drug-likeness (QED) is 0.345. The SMILES string of the molecule is COC(=O)c1c(C(F)F)nc(C(F)(F)F)c(CSc2nccn2C)c1CC(C)C. The lowest BCUT2D eigenvalue weighted by atomic mass is 9.91. The largest absolute Gasteiger partial charge is 0.465 e. The van der Waals surface area contributed by atoms with Crippen LogP contribution in [0.4, 0.5) is 22.0 Å². The second kappa shape index (κ2) is 9.10. The van der Waals surface area contributed by atoms with Gasteiger partial charge in [-0.25, -0.2) is 23.5 Å². The molecule has 11 heteroatoms. The molecule has 0 aliphatic heterocycles. The first-order chi connectivity index (χ1) is 13.5. The highest BCUT2D eigenvalue weighted by Crippen LogP contribution is 2.39. The van der Waals surface area contributed by atoms with Crippen molar-refractivity contribution in [3.63, 3.8) is 0 Å². The van der Waals surface area contributed by atoms with Crippen molar-refractivity contribution in [1.29, 1.82) is 0 Å². The highest BCUT2D eigenvalue weighted by Gasteiger charge is 2.40. The van der Waals surface area contributed by atoms with Crippen LogP contribution in [0.15, 0.2) is 17.6 Å². The second-order valence-corrected chi connectivity index (χ2v) is 7.62. The molecule has 2 heterocycles. The number of hydrogen-bond donors (Lipinski definition) is 0. The third-order valence-electron chi connectivity index (χ3n) is 4.04. The fraction of sp³-hybridized carbons (Fsp3) is 0.500. The van der Waals surface area contributed by atoms with Crippen molar-refractivity contribution in [2.24, 2.45) is 13.0 Å². The number of aryl methyl sites for hydroxylation is 1. The topological polar surface area (TPSA) is 57.0 Å². The van der Waals surface area contributed by atoms with Gasteiger partial charge in [0.1, 0.15) is 11.4 Å². The highest BCUT2D eigenvalue weighted by atomic mass is 32.2. The molecule has 160 valence electrons. The Balaban J connectivity index is 2.77. The van der Waals surface area contributed by atoms with E-state index in [2.05, 4.69) is 14.7 Å². The molecule has 0 amide bonds. The molecule has 0 saturated carbocycles. The lowest BCUT2D eigenvalue weighted by Gasteiger charge is -2.22. The number of hydrogen-bond acceptors (Lipinski definition) is 5. The Morgan fingerprint density at radius 1 is 1.28 bits per heavy atom. The first-order valence-corrected chi connectivity index (χ1v) is 9.55. The van der Waals surface area contributed by atoms with Gasteiger partial charge in [0.2, 0.25) is 0 Å². The summed E-state index contributed by atoms with van der Waals surface area (Å²) in [7, 11) is 2.66. The molecule has 0 aliphatic rings. The molecule has 29 heavy (non-hydrogen) atoms. The van der Waals surface area contributed by atoms with E-state index in [0.29, 0.717) is 5.16 Å². The summed E-state index contributed by atoms with van der Waals surface area (Å²) in [6, 6.07) is 0.